The maximum absolute atomic E-state index is 10.0. The molecule has 0 aliphatic carbocycles. The van der Waals surface area contributed by atoms with E-state index in [0.29, 0.717) is 25.5 Å². The highest BCUT2D eigenvalue weighted by molar-refractivity contribution is 5.55. The molecule has 5 heteroatoms. The van der Waals surface area contributed by atoms with Crippen molar-refractivity contribution in [2.45, 2.75) is 6.10 Å². The van der Waals surface area contributed by atoms with Gasteiger partial charge < -0.3 is 19.9 Å². The number of nitrogens with one attached hydrogen (secondary N) is 1. The Balaban J connectivity index is 1.64. The molecular formula is C15H16N2O3. The third kappa shape index (κ3) is 2.83. The van der Waals surface area contributed by atoms with E-state index < -0.39 is 6.10 Å². The van der Waals surface area contributed by atoms with Crippen LogP contribution in [-0.2, 0) is 0 Å². The van der Waals surface area contributed by atoms with Gasteiger partial charge in [-0.25, -0.2) is 0 Å². The number of pyridine rings is 1. The molecule has 0 spiro atoms. The SMILES string of the molecule is OC(CNc1ccc2c(c1)OCCO2)c1ccccn1. The second-order valence-electron chi connectivity index (χ2n) is 4.51. The zero-order valence-corrected chi connectivity index (χ0v) is 11.0. The monoisotopic (exact) mass is 272 g/mol. The predicted molar refractivity (Wildman–Crippen MR) is 75.1 cm³/mol. The van der Waals surface area contributed by atoms with Crippen molar-refractivity contribution in [1.82, 2.24) is 4.98 Å². The molecule has 2 heterocycles. The predicted octanol–water partition coefficient (Wildman–Crippen LogP) is 2.00. The van der Waals surface area contributed by atoms with Gasteiger partial charge in [0.1, 0.15) is 19.3 Å². The number of hydrogen-bond acceptors (Lipinski definition) is 5. The van der Waals surface area contributed by atoms with Crippen molar-refractivity contribution in [3.05, 3.63) is 48.3 Å². The molecule has 1 atom stereocenters. The van der Waals surface area contributed by atoms with Crippen molar-refractivity contribution in [3.8, 4) is 11.5 Å². The summed E-state index contributed by atoms with van der Waals surface area (Å²) in [5.41, 5.74) is 1.53. The maximum atomic E-state index is 10.0. The van der Waals surface area contributed by atoms with Crippen molar-refractivity contribution in [3.63, 3.8) is 0 Å². The van der Waals surface area contributed by atoms with Gasteiger partial charge in [0.05, 0.1) is 5.69 Å². The summed E-state index contributed by atoms with van der Waals surface area (Å²) in [5, 5.41) is 13.2. The fourth-order valence-electron chi connectivity index (χ4n) is 2.05. The Hall–Kier alpha value is -2.27. The van der Waals surface area contributed by atoms with E-state index in [1.54, 1.807) is 12.3 Å². The number of fused-ring (bicyclic) bond motifs is 1. The number of benzene rings is 1. The molecule has 20 heavy (non-hydrogen) atoms. The van der Waals surface area contributed by atoms with E-state index in [1.807, 2.05) is 30.3 Å². The first-order chi connectivity index (χ1) is 9.83. The van der Waals surface area contributed by atoms with Crippen molar-refractivity contribution in [2.24, 2.45) is 0 Å². The summed E-state index contributed by atoms with van der Waals surface area (Å²) in [6.45, 7) is 1.53. The van der Waals surface area contributed by atoms with Gasteiger partial charge in [-0.15, -0.1) is 0 Å². The Labute approximate surface area is 117 Å². The highest BCUT2D eigenvalue weighted by Crippen LogP contribution is 2.32. The number of anilines is 1. The van der Waals surface area contributed by atoms with E-state index in [2.05, 4.69) is 10.3 Å². The van der Waals surface area contributed by atoms with E-state index in [4.69, 9.17) is 9.47 Å². The molecule has 1 aliphatic rings. The van der Waals surface area contributed by atoms with Crippen LogP contribution >= 0.6 is 0 Å². The molecule has 0 saturated carbocycles. The van der Waals surface area contributed by atoms with Crippen molar-refractivity contribution < 1.29 is 14.6 Å². The number of rotatable bonds is 4. The van der Waals surface area contributed by atoms with Gasteiger partial charge in [-0.1, -0.05) is 6.07 Å². The quantitative estimate of drug-likeness (QED) is 0.891. The van der Waals surface area contributed by atoms with E-state index in [1.165, 1.54) is 0 Å². The molecule has 1 aliphatic heterocycles. The lowest BCUT2D eigenvalue weighted by Gasteiger charge is -2.19. The molecule has 1 unspecified atom stereocenters. The van der Waals surface area contributed by atoms with Crippen LogP contribution in [0.2, 0.25) is 0 Å². The van der Waals surface area contributed by atoms with Gasteiger partial charge in [0.15, 0.2) is 11.5 Å². The van der Waals surface area contributed by atoms with Gasteiger partial charge in [-0.2, -0.15) is 0 Å². The number of hydrogen-bond donors (Lipinski definition) is 2. The Morgan fingerprint density at radius 3 is 2.80 bits per heavy atom. The van der Waals surface area contributed by atoms with Crippen LogP contribution in [-0.4, -0.2) is 29.8 Å². The number of aliphatic hydroxyl groups is 1. The number of aliphatic hydroxyl groups excluding tert-OH is 1. The van der Waals surface area contributed by atoms with Crippen LogP contribution in [0.25, 0.3) is 0 Å². The molecular weight excluding hydrogens is 256 g/mol. The Morgan fingerprint density at radius 1 is 1.15 bits per heavy atom. The minimum atomic E-state index is -0.649. The first-order valence-corrected chi connectivity index (χ1v) is 6.55. The average Bonchev–Trinajstić information content (AvgIpc) is 2.53. The van der Waals surface area contributed by atoms with Gasteiger partial charge in [0, 0.05) is 24.5 Å². The fraction of sp³-hybridized carbons (Fsp3) is 0.267. The van der Waals surface area contributed by atoms with E-state index >= 15 is 0 Å². The van der Waals surface area contributed by atoms with Crippen molar-refractivity contribution in [1.29, 1.82) is 0 Å². The first-order valence-electron chi connectivity index (χ1n) is 6.55. The lowest BCUT2D eigenvalue weighted by molar-refractivity contribution is 0.171. The maximum Gasteiger partial charge on any atom is 0.163 e. The van der Waals surface area contributed by atoms with Crippen LogP contribution < -0.4 is 14.8 Å². The van der Waals surface area contributed by atoms with Gasteiger partial charge >= 0.3 is 0 Å². The standard InChI is InChI=1S/C15H16N2O3/c18-13(12-3-1-2-6-16-12)10-17-11-4-5-14-15(9-11)20-8-7-19-14/h1-6,9,13,17-18H,7-8,10H2. The van der Waals surface area contributed by atoms with Crippen LogP contribution in [0.3, 0.4) is 0 Å². The summed E-state index contributed by atoms with van der Waals surface area (Å²) in [6.07, 6.45) is 1.02. The van der Waals surface area contributed by atoms with E-state index in [-0.39, 0.29) is 0 Å². The number of aromatic nitrogens is 1. The normalized spacial score (nSPS) is 14.7. The van der Waals surface area contributed by atoms with Crippen molar-refractivity contribution >= 4 is 5.69 Å². The largest absolute Gasteiger partial charge is 0.486 e. The molecule has 2 N–H and O–H groups in total. The van der Waals surface area contributed by atoms with E-state index in [0.717, 1.165) is 17.2 Å². The molecule has 104 valence electrons. The third-order valence-corrected chi connectivity index (χ3v) is 3.07. The summed E-state index contributed by atoms with van der Waals surface area (Å²) in [6, 6.07) is 11.1. The summed E-state index contributed by atoms with van der Waals surface area (Å²) in [7, 11) is 0. The van der Waals surface area contributed by atoms with Crippen LogP contribution in [0, 0.1) is 0 Å². The summed E-state index contributed by atoms with van der Waals surface area (Å²) < 4.78 is 11.0. The van der Waals surface area contributed by atoms with Crippen LogP contribution in [0.4, 0.5) is 5.69 Å². The van der Waals surface area contributed by atoms with Crippen LogP contribution in [0.15, 0.2) is 42.6 Å². The fourth-order valence-corrected chi connectivity index (χ4v) is 2.05. The molecule has 0 saturated heterocycles. The number of ether oxygens (including phenoxy) is 2. The zero-order chi connectivity index (χ0) is 13.8. The number of nitrogens with zero attached hydrogens (tertiary/aromatic N) is 1. The second-order valence-corrected chi connectivity index (χ2v) is 4.51. The smallest absolute Gasteiger partial charge is 0.163 e. The summed E-state index contributed by atoms with van der Waals surface area (Å²) >= 11 is 0. The summed E-state index contributed by atoms with van der Waals surface area (Å²) in [4.78, 5) is 4.13. The Morgan fingerprint density at radius 2 is 2.00 bits per heavy atom. The van der Waals surface area contributed by atoms with E-state index in [9.17, 15) is 5.11 Å². The van der Waals surface area contributed by atoms with Gasteiger partial charge in [0.2, 0.25) is 0 Å². The third-order valence-electron chi connectivity index (χ3n) is 3.07. The van der Waals surface area contributed by atoms with Gasteiger partial charge in [0.25, 0.3) is 0 Å². The second kappa shape index (κ2) is 5.79. The Kier molecular flexibility index (Phi) is 3.69. The summed E-state index contributed by atoms with van der Waals surface area (Å²) in [5.74, 6) is 1.49. The van der Waals surface area contributed by atoms with Crippen LogP contribution in [0.5, 0.6) is 11.5 Å². The molecule has 1 aromatic carbocycles. The van der Waals surface area contributed by atoms with Crippen LogP contribution in [0.1, 0.15) is 11.8 Å². The average molecular weight is 272 g/mol. The van der Waals surface area contributed by atoms with Gasteiger partial charge in [-0.3, -0.25) is 4.98 Å². The van der Waals surface area contributed by atoms with Crippen molar-refractivity contribution in [2.75, 3.05) is 25.1 Å². The molecule has 3 rings (SSSR count). The minimum Gasteiger partial charge on any atom is -0.486 e. The highest BCUT2D eigenvalue weighted by atomic mass is 16.6. The zero-order valence-electron chi connectivity index (χ0n) is 11.0. The van der Waals surface area contributed by atoms with Gasteiger partial charge in [-0.05, 0) is 24.3 Å². The molecule has 5 nitrogen and oxygen atoms in total. The molecule has 0 bridgehead atoms. The molecule has 0 radical (unpaired) electrons. The lowest BCUT2D eigenvalue weighted by atomic mass is 10.2. The first kappa shape index (κ1) is 12.7. The molecule has 1 aromatic heterocycles. The Bertz CT molecular complexity index is 575. The lowest BCUT2D eigenvalue weighted by Crippen LogP contribution is -2.16. The topological polar surface area (TPSA) is 63.6 Å². The molecule has 0 amide bonds. The minimum absolute atomic E-state index is 0.386. The molecule has 2 aromatic rings. The highest BCUT2D eigenvalue weighted by Gasteiger charge is 2.13. The molecule has 0 fully saturated rings.